The lowest BCUT2D eigenvalue weighted by Gasteiger charge is -2.21. The highest BCUT2D eigenvalue weighted by Gasteiger charge is 2.19. The Morgan fingerprint density at radius 1 is 1.44 bits per heavy atom. The van der Waals surface area contributed by atoms with E-state index in [1.165, 1.54) is 0 Å². The van der Waals surface area contributed by atoms with Crippen molar-refractivity contribution in [3.8, 4) is 5.75 Å². The molecule has 5 nitrogen and oxygen atoms in total. The van der Waals surface area contributed by atoms with Crippen LogP contribution in [0.2, 0.25) is 0 Å². The van der Waals surface area contributed by atoms with Gasteiger partial charge in [0.15, 0.2) is 5.75 Å². The second-order valence-corrected chi connectivity index (χ2v) is 5.41. The Morgan fingerprint density at radius 3 is 2.88 bits per heavy atom. The average Bonchev–Trinajstić information content (AvgIpc) is 2.21. The highest BCUT2D eigenvalue weighted by molar-refractivity contribution is 7.86. The fourth-order valence-electron chi connectivity index (χ4n) is 1.78. The Kier molecular flexibility index (Phi) is 2.67. The van der Waals surface area contributed by atoms with Gasteiger partial charge in [-0.2, -0.15) is 8.42 Å². The van der Waals surface area contributed by atoms with Crippen LogP contribution in [-0.2, 0) is 16.5 Å². The minimum Gasteiger partial charge on any atom is -0.396 e. The molecule has 1 aliphatic rings. The molecule has 0 unspecified atom stereocenters. The third-order valence-corrected chi connectivity index (χ3v) is 2.90. The third-order valence-electron chi connectivity index (χ3n) is 2.43. The van der Waals surface area contributed by atoms with Gasteiger partial charge in [0.25, 0.3) is 0 Å². The largest absolute Gasteiger partial charge is 0.396 e. The van der Waals surface area contributed by atoms with Gasteiger partial charge in [-0.3, -0.25) is 0 Å². The van der Waals surface area contributed by atoms with Gasteiger partial charge in [0, 0.05) is 6.54 Å². The number of anilines is 2. The van der Waals surface area contributed by atoms with E-state index in [4.69, 9.17) is 9.92 Å². The van der Waals surface area contributed by atoms with Crippen LogP contribution in [0, 0.1) is 0 Å². The molecule has 2 rings (SSSR count). The predicted octanol–water partition coefficient (Wildman–Crippen LogP) is 0.965. The van der Waals surface area contributed by atoms with E-state index >= 15 is 0 Å². The summed E-state index contributed by atoms with van der Waals surface area (Å²) in [4.78, 5) is 0. The number of rotatable bonds is 2. The lowest BCUT2D eigenvalue weighted by atomic mass is 10.0. The number of hydrogen-bond donors (Lipinski definition) is 2. The van der Waals surface area contributed by atoms with E-state index in [0.717, 1.165) is 31.2 Å². The molecule has 0 saturated heterocycles. The van der Waals surface area contributed by atoms with Crippen LogP contribution in [-0.4, -0.2) is 21.2 Å². The van der Waals surface area contributed by atoms with E-state index in [0.29, 0.717) is 11.4 Å². The summed E-state index contributed by atoms with van der Waals surface area (Å²) in [6.07, 6.45) is 2.94. The fraction of sp³-hybridized carbons (Fsp3) is 0.400. The summed E-state index contributed by atoms with van der Waals surface area (Å²) < 4.78 is 27.2. The molecule has 0 saturated carbocycles. The first-order valence-electron chi connectivity index (χ1n) is 5.02. The van der Waals surface area contributed by atoms with Crippen LogP contribution in [0.1, 0.15) is 12.0 Å². The Morgan fingerprint density at radius 2 is 2.19 bits per heavy atom. The molecule has 1 aliphatic heterocycles. The monoisotopic (exact) mass is 242 g/mol. The molecular formula is C10H14N2O3S. The average molecular weight is 242 g/mol. The van der Waals surface area contributed by atoms with Crippen molar-refractivity contribution in [3.05, 3.63) is 17.7 Å². The molecule has 1 aromatic rings. The van der Waals surface area contributed by atoms with Crippen molar-refractivity contribution in [1.29, 1.82) is 0 Å². The van der Waals surface area contributed by atoms with E-state index in [-0.39, 0.29) is 5.75 Å². The van der Waals surface area contributed by atoms with Gasteiger partial charge in [-0.15, -0.1) is 0 Å². The molecule has 6 heteroatoms. The summed E-state index contributed by atoms with van der Waals surface area (Å²) in [7, 11) is -3.55. The number of hydrogen-bond acceptors (Lipinski definition) is 5. The smallest absolute Gasteiger partial charge is 0.306 e. The van der Waals surface area contributed by atoms with E-state index in [9.17, 15) is 8.42 Å². The minimum absolute atomic E-state index is 0.222. The second kappa shape index (κ2) is 3.86. The molecule has 1 heterocycles. The van der Waals surface area contributed by atoms with Crippen LogP contribution < -0.4 is 15.2 Å². The van der Waals surface area contributed by atoms with E-state index in [1.807, 2.05) is 6.07 Å². The molecule has 0 aromatic heterocycles. The van der Waals surface area contributed by atoms with Gasteiger partial charge < -0.3 is 15.2 Å². The molecule has 0 amide bonds. The van der Waals surface area contributed by atoms with Crippen molar-refractivity contribution in [2.45, 2.75) is 12.8 Å². The zero-order chi connectivity index (χ0) is 11.8. The summed E-state index contributed by atoms with van der Waals surface area (Å²) in [5.41, 5.74) is 7.80. The van der Waals surface area contributed by atoms with Gasteiger partial charge >= 0.3 is 10.1 Å². The lowest BCUT2D eigenvalue weighted by molar-refractivity contribution is 0.494. The second-order valence-electron chi connectivity index (χ2n) is 3.84. The van der Waals surface area contributed by atoms with Gasteiger partial charge in [0.2, 0.25) is 0 Å². The van der Waals surface area contributed by atoms with Gasteiger partial charge in [0.05, 0.1) is 17.6 Å². The summed E-state index contributed by atoms with van der Waals surface area (Å²) in [6, 6.07) is 3.57. The van der Waals surface area contributed by atoms with Crippen LogP contribution >= 0.6 is 0 Å². The van der Waals surface area contributed by atoms with Crippen molar-refractivity contribution in [2.75, 3.05) is 23.9 Å². The number of fused-ring (bicyclic) bond motifs is 1. The molecule has 0 fully saturated rings. The van der Waals surface area contributed by atoms with Gasteiger partial charge in [0.1, 0.15) is 0 Å². The summed E-state index contributed by atoms with van der Waals surface area (Å²) in [5.74, 6) is 0.222. The summed E-state index contributed by atoms with van der Waals surface area (Å²) in [6.45, 7) is 0.802. The third kappa shape index (κ3) is 2.21. The predicted molar refractivity (Wildman–Crippen MR) is 63.1 cm³/mol. The topological polar surface area (TPSA) is 81.4 Å². The highest BCUT2D eigenvalue weighted by atomic mass is 32.2. The Labute approximate surface area is 94.7 Å². The van der Waals surface area contributed by atoms with E-state index in [2.05, 4.69) is 5.32 Å². The van der Waals surface area contributed by atoms with Crippen molar-refractivity contribution >= 4 is 21.5 Å². The number of nitrogens with one attached hydrogen (secondary N) is 1. The van der Waals surface area contributed by atoms with Crippen molar-refractivity contribution in [3.63, 3.8) is 0 Å². The summed E-state index contributed by atoms with van der Waals surface area (Å²) in [5, 5.41) is 3.13. The fourth-order valence-corrected chi connectivity index (χ4v) is 2.26. The number of nitrogen functional groups attached to an aromatic ring is 1. The Bertz CT molecular complexity index is 511. The highest BCUT2D eigenvalue weighted by Crippen LogP contribution is 2.37. The summed E-state index contributed by atoms with van der Waals surface area (Å²) >= 11 is 0. The molecular weight excluding hydrogens is 228 g/mol. The van der Waals surface area contributed by atoms with Crippen molar-refractivity contribution < 1.29 is 12.6 Å². The number of benzene rings is 1. The van der Waals surface area contributed by atoms with Crippen LogP contribution in [0.15, 0.2) is 12.1 Å². The molecule has 0 atom stereocenters. The van der Waals surface area contributed by atoms with Crippen LogP contribution in [0.25, 0.3) is 0 Å². The Hall–Kier alpha value is -1.43. The quantitative estimate of drug-likeness (QED) is 0.596. The lowest BCUT2D eigenvalue weighted by Crippen LogP contribution is -2.16. The number of nitrogens with two attached hydrogens (primary N) is 1. The molecule has 16 heavy (non-hydrogen) atoms. The first-order valence-corrected chi connectivity index (χ1v) is 6.84. The van der Waals surface area contributed by atoms with E-state index < -0.39 is 10.1 Å². The normalized spacial score (nSPS) is 15.1. The maximum atomic E-state index is 11.1. The molecule has 0 aliphatic carbocycles. The van der Waals surface area contributed by atoms with Crippen LogP contribution in [0.3, 0.4) is 0 Å². The van der Waals surface area contributed by atoms with Crippen LogP contribution in [0.5, 0.6) is 5.75 Å². The van der Waals surface area contributed by atoms with Gasteiger partial charge in [-0.25, -0.2) is 0 Å². The number of aryl methyl sites for hydroxylation is 1. The maximum Gasteiger partial charge on any atom is 0.306 e. The molecule has 88 valence electrons. The minimum atomic E-state index is -3.55. The molecule has 3 N–H and O–H groups in total. The first-order chi connectivity index (χ1) is 7.47. The maximum absolute atomic E-state index is 11.1. The van der Waals surface area contributed by atoms with Gasteiger partial charge in [-0.1, -0.05) is 6.07 Å². The Balaban J connectivity index is 2.50. The SMILES string of the molecule is CS(=O)(=O)Oc1c(N)ccc2c1NCCC2. The van der Waals surface area contributed by atoms with Crippen molar-refractivity contribution in [2.24, 2.45) is 0 Å². The molecule has 0 radical (unpaired) electrons. The first kappa shape index (κ1) is 11.1. The standard InChI is InChI=1S/C10H14N2O3S/c1-16(13,14)15-10-8(11)5-4-7-3-2-6-12-9(7)10/h4-5,12H,2-3,6,11H2,1H3. The van der Waals surface area contributed by atoms with Gasteiger partial charge in [-0.05, 0) is 24.5 Å². The zero-order valence-corrected chi connectivity index (χ0v) is 9.80. The molecule has 1 aromatic carbocycles. The van der Waals surface area contributed by atoms with E-state index in [1.54, 1.807) is 6.07 Å². The van der Waals surface area contributed by atoms with Crippen LogP contribution in [0.4, 0.5) is 11.4 Å². The molecule has 0 bridgehead atoms. The zero-order valence-electron chi connectivity index (χ0n) is 8.99. The molecule has 0 spiro atoms. The van der Waals surface area contributed by atoms with Crippen molar-refractivity contribution in [1.82, 2.24) is 0 Å².